The van der Waals surface area contributed by atoms with Crippen LogP contribution in [0.25, 0.3) is 0 Å². The van der Waals surface area contributed by atoms with E-state index in [-0.39, 0.29) is 19.1 Å². The highest BCUT2D eigenvalue weighted by Crippen LogP contribution is 2.14. The number of nitrogens with two attached hydrogens (primary N) is 1. The van der Waals surface area contributed by atoms with Crippen molar-refractivity contribution in [3.8, 4) is 0 Å². The van der Waals surface area contributed by atoms with E-state index in [4.69, 9.17) is 25.1 Å². The van der Waals surface area contributed by atoms with E-state index in [2.05, 4.69) is 5.32 Å². The number of hydrogen-bond donors (Lipinski definition) is 3. The molecule has 0 fully saturated rings. The summed E-state index contributed by atoms with van der Waals surface area (Å²) >= 11 is 0. The van der Waals surface area contributed by atoms with Gasteiger partial charge in [-0.05, 0) is 58.1 Å². The van der Waals surface area contributed by atoms with Crippen molar-refractivity contribution >= 4 is 18.0 Å². The molecular weight excluding hydrogens is 416 g/mol. The number of carboxylic acid groups (broad SMARTS) is 1. The lowest BCUT2D eigenvalue weighted by molar-refractivity contribution is -0.142. The molecule has 0 unspecified atom stereocenters. The van der Waals surface area contributed by atoms with Crippen molar-refractivity contribution in [1.82, 2.24) is 5.32 Å². The Bertz CT molecular complexity index is 729. The van der Waals surface area contributed by atoms with E-state index >= 15 is 0 Å². The average molecular weight is 453 g/mol. The molecule has 180 valence electrons. The molecule has 0 spiro atoms. The van der Waals surface area contributed by atoms with E-state index in [1.165, 1.54) is 0 Å². The highest BCUT2D eigenvalue weighted by Gasteiger charge is 2.24. The van der Waals surface area contributed by atoms with Crippen LogP contribution >= 0.6 is 0 Å². The van der Waals surface area contributed by atoms with Crippen molar-refractivity contribution in [2.45, 2.75) is 77.7 Å². The topological polar surface area (TPSA) is 137 Å². The van der Waals surface area contributed by atoms with Crippen LogP contribution in [0.1, 0.15) is 58.1 Å². The Morgan fingerprint density at radius 3 is 2.31 bits per heavy atom. The van der Waals surface area contributed by atoms with Gasteiger partial charge >= 0.3 is 12.1 Å². The SMILES string of the molecule is C[C@@H](OCc1ccc(CCCOCC(=O)O)cc1)[C@H](CCC(N)=O)NC(=O)OC(C)(C)C. The van der Waals surface area contributed by atoms with Crippen molar-refractivity contribution in [3.63, 3.8) is 0 Å². The number of carbonyl (C=O) groups is 3. The predicted molar refractivity (Wildman–Crippen MR) is 119 cm³/mol. The Hall–Kier alpha value is -2.65. The maximum absolute atomic E-state index is 12.1. The minimum absolute atomic E-state index is 0.124. The number of carbonyl (C=O) groups excluding carboxylic acids is 2. The summed E-state index contributed by atoms with van der Waals surface area (Å²) in [5, 5.41) is 11.3. The molecule has 1 aromatic carbocycles. The minimum Gasteiger partial charge on any atom is -0.480 e. The molecule has 0 aliphatic rings. The van der Waals surface area contributed by atoms with Crippen molar-refractivity contribution in [2.75, 3.05) is 13.2 Å². The maximum atomic E-state index is 12.1. The summed E-state index contributed by atoms with van der Waals surface area (Å²) in [4.78, 5) is 33.8. The first-order valence-corrected chi connectivity index (χ1v) is 10.7. The molecule has 1 rings (SSSR count). The maximum Gasteiger partial charge on any atom is 0.407 e. The number of ether oxygens (including phenoxy) is 3. The molecule has 0 aliphatic carbocycles. The number of benzene rings is 1. The number of nitrogens with one attached hydrogen (secondary N) is 1. The molecule has 0 bridgehead atoms. The smallest absolute Gasteiger partial charge is 0.407 e. The summed E-state index contributed by atoms with van der Waals surface area (Å²) in [5.41, 5.74) is 6.71. The molecule has 0 heterocycles. The number of aryl methyl sites for hydroxylation is 1. The van der Waals surface area contributed by atoms with Crippen molar-refractivity contribution in [1.29, 1.82) is 0 Å². The normalized spacial score (nSPS) is 13.2. The van der Waals surface area contributed by atoms with Gasteiger partial charge in [-0.25, -0.2) is 9.59 Å². The van der Waals surface area contributed by atoms with Gasteiger partial charge in [-0.15, -0.1) is 0 Å². The van der Waals surface area contributed by atoms with Crippen LogP contribution in [0.4, 0.5) is 4.79 Å². The lowest BCUT2D eigenvalue weighted by Gasteiger charge is -2.27. The van der Waals surface area contributed by atoms with Gasteiger partial charge < -0.3 is 30.4 Å². The number of carboxylic acids is 1. The Morgan fingerprint density at radius 2 is 1.75 bits per heavy atom. The van der Waals surface area contributed by atoms with Crippen LogP contribution in [0, 0.1) is 0 Å². The van der Waals surface area contributed by atoms with E-state index in [0.717, 1.165) is 24.0 Å². The third kappa shape index (κ3) is 12.9. The van der Waals surface area contributed by atoms with Gasteiger partial charge in [0.25, 0.3) is 0 Å². The molecule has 4 N–H and O–H groups in total. The number of aliphatic carboxylic acids is 1. The second-order valence-electron chi connectivity index (χ2n) is 8.64. The summed E-state index contributed by atoms with van der Waals surface area (Å²) in [6.45, 7) is 7.61. The van der Waals surface area contributed by atoms with Gasteiger partial charge in [-0.3, -0.25) is 4.79 Å². The summed E-state index contributed by atoms with van der Waals surface area (Å²) in [5.74, 6) is -1.42. The lowest BCUT2D eigenvalue weighted by atomic mass is 10.1. The van der Waals surface area contributed by atoms with E-state index in [1.807, 2.05) is 31.2 Å². The second kappa shape index (κ2) is 13.7. The van der Waals surface area contributed by atoms with Crippen LogP contribution in [-0.2, 0) is 36.8 Å². The number of alkyl carbamates (subject to hydrolysis) is 1. The van der Waals surface area contributed by atoms with Crippen LogP contribution in [0.15, 0.2) is 24.3 Å². The standard InChI is InChI=1S/C23H36N2O7/c1-16(19(11-12-20(24)26)25-22(29)32-23(2,3)4)31-14-18-9-7-17(8-10-18)6-5-13-30-15-21(27)28/h7-10,16,19H,5-6,11-15H2,1-4H3,(H2,24,26)(H,25,29)(H,27,28)/t16-,19+/m1/s1. The molecule has 9 heteroatoms. The molecule has 1 aromatic rings. The van der Waals surface area contributed by atoms with Crippen LogP contribution in [0.2, 0.25) is 0 Å². The predicted octanol–water partition coefficient (Wildman–Crippen LogP) is 2.78. The monoisotopic (exact) mass is 452 g/mol. The molecule has 0 aliphatic heterocycles. The Morgan fingerprint density at radius 1 is 1.12 bits per heavy atom. The van der Waals surface area contributed by atoms with Crippen molar-refractivity contribution in [2.24, 2.45) is 5.73 Å². The second-order valence-corrected chi connectivity index (χ2v) is 8.64. The van der Waals surface area contributed by atoms with Gasteiger partial charge in [-0.2, -0.15) is 0 Å². The van der Waals surface area contributed by atoms with Crippen LogP contribution in [0.5, 0.6) is 0 Å². The largest absolute Gasteiger partial charge is 0.480 e. The fourth-order valence-corrected chi connectivity index (χ4v) is 2.86. The first-order valence-electron chi connectivity index (χ1n) is 10.7. The first kappa shape index (κ1) is 27.4. The third-order valence-corrected chi connectivity index (χ3v) is 4.49. The zero-order valence-corrected chi connectivity index (χ0v) is 19.4. The van der Waals surface area contributed by atoms with Gasteiger partial charge in [0, 0.05) is 13.0 Å². The minimum atomic E-state index is -0.971. The first-order chi connectivity index (χ1) is 15.0. The Kier molecular flexibility index (Phi) is 11.7. The summed E-state index contributed by atoms with van der Waals surface area (Å²) < 4.78 is 16.3. The lowest BCUT2D eigenvalue weighted by Crippen LogP contribution is -2.45. The molecule has 2 amide bonds. The zero-order chi connectivity index (χ0) is 24.1. The van der Waals surface area contributed by atoms with Crippen LogP contribution in [0.3, 0.4) is 0 Å². The molecular formula is C23H36N2O7. The molecule has 32 heavy (non-hydrogen) atoms. The number of primary amides is 1. The fraction of sp³-hybridized carbons (Fsp3) is 0.609. The Balaban J connectivity index is 2.53. The zero-order valence-electron chi connectivity index (χ0n) is 19.4. The highest BCUT2D eigenvalue weighted by molar-refractivity contribution is 5.74. The van der Waals surface area contributed by atoms with Gasteiger partial charge in [-0.1, -0.05) is 24.3 Å². The van der Waals surface area contributed by atoms with Gasteiger partial charge in [0.2, 0.25) is 5.91 Å². The van der Waals surface area contributed by atoms with E-state index in [0.29, 0.717) is 19.6 Å². The Labute approximate surface area is 189 Å². The van der Waals surface area contributed by atoms with Crippen LogP contribution < -0.4 is 11.1 Å². The van der Waals surface area contributed by atoms with E-state index in [1.54, 1.807) is 20.8 Å². The number of rotatable bonds is 14. The van der Waals surface area contributed by atoms with Crippen molar-refractivity contribution in [3.05, 3.63) is 35.4 Å². The highest BCUT2D eigenvalue weighted by atomic mass is 16.6. The quantitative estimate of drug-likeness (QED) is 0.369. The van der Waals surface area contributed by atoms with Gasteiger partial charge in [0.1, 0.15) is 12.2 Å². The third-order valence-electron chi connectivity index (χ3n) is 4.49. The van der Waals surface area contributed by atoms with E-state index < -0.39 is 29.6 Å². The summed E-state index contributed by atoms with van der Waals surface area (Å²) in [7, 11) is 0. The molecule has 9 nitrogen and oxygen atoms in total. The van der Waals surface area contributed by atoms with Crippen LogP contribution in [-0.4, -0.2) is 54.0 Å². The molecule has 0 radical (unpaired) electrons. The van der Waals surface area contributed by atoms with Gasteiger partial charge in [0.05, 0.1) is 18.8 Å². The number of amides is 2. The molecule has 0 saturated heterocycles. The van der Waals surface area contributed by atoms with Gasteiger partial charge in [0.15, 0.2) is 0 Å². The van der Waals surface area contributed by atoms with Crippen molar-refractivity contribution < 1.29 is 33.7 Å². The van der Waals surface area contributed by atoms with E-state index in [9.17, 15) is 14.4 Å². The summed E-state index contributed by atoms with van der Waals surface area (Å²) in [6, 6.07) is 7.47. The fourth-order valence-electron chi connectivity index (χ4n) is 2.86. The number of hydrogen-bond acceptors (Lipinski definition) is 6. The average Bonchev–Trinajstić information content (AvgIpc) is 2.68. The molecule has 0 saturated carbocycles. The summed E-state index contributed by atoms with van der Waals surface area (Å²) in [6.07, 6.45) is 1.05. The molecule has 2 atom stereocenters. The molecule has 0 aromatic heterocycles.